The Hall–Kier alpha value is -0.260. The normalized spacial score (nSPS) is 16.5. The summed E-state index contributed by atoms with van der Waals surface area (Å²) in [5, 5.41) is 0. The van der Waals surface area contributed by atoms with Crippen molar-refractivity contribution in [3.63, 3.8) is 0 Å². The Bertz CT molecular complexity index is 433. The van der Waals surface area contributed by atoms with Crippen LogP contribution in [0.4, 0.5) is 0 Å². The number of phosphoric acid groups is 2. The van der Waals surface area contributed by atoms with Crippen LogP contribution in [0.1, 0.15) is 27.2 Å². The first kappa shape index (κ1) is 18.7. The molecule has 112 valence electrons. The van der Waals surface area contributed by atoms with Crippen molar-refractivity contribution in [2.24, 2.45) is 5.92 Å². The minimum atomic E-state index is -5.64. The third kappa shape index (κ3) is 10.2. The van der Waals surface area contributed by atoms with Crippen molar-refractivity contribution in [3.05, 3.63) is 23.8 Å². The van der Waals surface area contributed by atoms with Crippen LogP contribution in [0.5, 0.6) is 0 Å². The van der Waals surface area contributed by atoms with E-state index in [-0.39, 0.29) is 12.5 Å². The van der Waals surface area contributed by atoms with Gasteiger partial charge in [0.15, 0.2) is 0 Å². The molecule has 0 aliphatic carbocycles. The van der Waals surface area contributed by atoms with Gasteiger partial charge in [-0.2, -0.15) is 0 Å². The minimum Gasteiger partial charge on any atom is -0.790 e. The zero-order valence-corrected chi connectivity index (χ0v) is 12.8. The van der Waals surface area contributed by atoms with Crippen molar-refractivity contribution in [3.8, 4) is 0 Å². The molecule has 7 nitrogen and oxygen atoms in total. The van der Waals surface area contributed by atoms with Gasteiger partial charge in [-0.15, -0.1) is 0 Å². The van der Waals surface area contributed by atoms with Crippen LogP contribution in [0.25, 0.3) is 0 Å². The molecule has 0 aromatic rings. The molecule has 0 aromatic heterocycles. The summed E-state index contributed by atoms with van der Waals surface area (Å²) >= 11 is 0. The molecule has 2 atom stereocenters. The average molecular weight is 311 g/mol. The van der Waals surface area contributed by atoms with Gasteiger partial charge in [0.1, 0.15) is 0 Å². The average Bonchev–Trinajstić information content (AvgIpc) is 2.12. The van der Waals surface area contributed by atoms with Crippen LogP contribution in [0, 0.1) is 5.92 Å². The molecule has 0 aromatic carbocycles. The van der Waals surface area contributed by atoms with Gasteiger partial charge in [0.05, 0.1) is 14.4 Å². The van der Waals surface area contributed by atoms with Gasteiger partial charge in [-0.3, -0.25) is 8.88 Å². The predicted octanol–water partition coefficient (Wildman–Crippen LogP) is 0.865. The molecule has 0 bridgehead atoms. The molecule has 1 unspecified atom stereocenters. The monoisotopic (exact) mass is 311 g/mol. The molecule has 0 aliphatic rings. The molecule has 19 heavy (non-hydrogen) atoms. The third-order valence-corrected chi connectivity index (χ3v) is 4.21. The van der Waals surface area contributed by atoms with E-state index >= 15 is 0 Å². The third-order valence-electron chi connectivity index (χ3n) is 2.14. The summed E-state index contributed by atoms with van der Waals surface area (Å²) in [4.78, 5) is 31.5. The van der Waals surface area contributed by atoms with E-state index < -0.39 is 15.6 Å². The second kappa shape index (κ2) is 7.50. The van der Waals surface area contributed by atoms with Crippen LogP contribution in [0.15, 0.2) is 23.8 Å². The molecule has 0 heterocycles. The summed E-state index contributed by atoms with van der Waals surface area (Å²) in [5.74, 6) is -0.321. The van der Waals surface area contributed by atoms with Crippen LogP contribution in [-0.2, 0) is 18.0 Å². The Balaban J connectivity index is 4.56. The predicted molar refractivity (Wildman–Crippen MR) is 64.6 cm³/mol. The van der Waals surface area contributed by atoms with E-state index in [1.54, 1.807) is 6.92 Å². The number of hydrogen-bond acceptors (Lipinski definition) is 7. The van der Waals surface area contributed by atoms with Crippen LogP contribution in [-0.4, -0.2) is 6.61 Å². The lowest BCUT2D eigenvalue weighted by atomic mass is 9.98. The first-order valence-electron chi connectivity index (χ1n) is 5.40. The smallest absolute Gasteiger partial charge is 0.271 e. The maximum atomic E-state index is 11.1. The Kier molecular flexibility index (Phi) is 7.40. The van der Waals surface area contributed by atoms with Gasteiger partial charge in [-0.25, -0.2) is 0 Å². The summed E-state index contributed by atoms with van der Waals surface area (Å²) in [6.07, 6.45) is 2.36. The lowest BCUT2D eigenvalue weighted by Crippen LogP contribution is -2.20. The zero-order valence-electron chi connectivity index (χ0n) is 11.0. The summed E-state index contributed by atoms with van der Waals surface area (Å²) < 4.78 is 29.0. The molecule has 0 saturated carbocycles. The molecule has 0 radical (unpaired) electrons. The fourth-order valence-electron chi connectivity index (χ4n) is 1.12. The van der Waals surface area contributed by atoms with Crippen LogP contribution >= 0.6 is 15.6 Å². The molecule has 0 rings (SSSR count). The zero-order chi connectivity index (χ0) is 15.3. The first-order valence-corrected chi connectivity index (χ1v) is 8.33. The largest absolute Gasteiger partial charge is 0.790 e. The van der Waals surface area contributed by atoms with Crippen LogP contribution in [0.2, 0.25) is 0 Å². The maximum Gasteiger partial charge on any atom is 0.271 e. The number of hydrogen-bond donors (Lipinski definition) is 0. The van der Waals surface area contributed by atoms with Gasteiger partial charge in [0, 0.05) is 5.92 Å². The molecule has 9 heteroatoms. The molecule has 0 fully saturated rings. The van der Waals surface area contributed by atoms with Crippen molar-refractivity contribution in [1.82, 2.24) is 0 Å². The molecule has 0 N–H and O–H groups in total. The fourth-order valence-corrected chi connectivity index (χ4v) is 2.65. The molecule has 0 spiro atoms. The minimum absolute atomic E-state index is 0.321. The molecule has 0 amide bonds. The van der Waals surface area contributed by atoms with Crippen molar-refractivity contribution in [1.29, 1.82) is 0 Å². The SMILES string of the molecule is C=C(C)[C@@H](CC=C(C)C)COP(=O)([O-])OP(=O)([O-])[O-]. The maximum absolute atomic E-state index is 11.1. The number of allylic oxidation sites excluding steroid dienone is 2. The molecular weight excluding hydrogens is 294 g/mol. The van der Waals surface area contributed by atoms with Gasteiger partial charge in [-0.1, -0.05) is 23.8 Å². The van der Waals surface area contributed by atoms with Gasteiger partial charge in [-0.05, 0) is 27.2 Å². The van der Waals surface area contributed by atoms with Crippen LogP contribution in [0.3, 0.4) is 0 Å². The highest BCUT2D eigenvalue weighted by Gasteiger charge is 2.16. The summed E-state index contributed by atoms with van der Waals surface area (Å²) in [6.45, 7) is 8.80. The second-order valence-corrected chi connectivity index (χ2v) is 7.03. The highest BCUT2D eigenvalue weighted by Crippen LogP contribution is 2.50. The fraction of sp³-hybridized carbons (Fsp3) is 0.600. The Morgan fingerprint density at radius 1 is 1.26 bits per heavy atom. The van der Waals surface area contributed by atoms with E-state index in [9.17, 15) is 23.8 Å². The highest BCUT2D eigenvalue weighted by molar-refractivity contribution is 7.58. The lowest BCUT2D eigenvalue weighted by molar-refractivity contribution is -0.339. The topological polar surface area (TPSA) is 122 Å². The standard InChI is InChI=1S/C10H20O7P2/c1-8(2)5-6-10(9(3)4)7-16-19(14,15)17-18(11,12)13/h5,10H,3,6-7H2,1-2,4H3,(H,14,15)(H2,11,12,13)/p-3/t10-/m0/s1. The molecular formula is C10H17O7P2-3. The number of phosphoric ester groups is 1. The van der Waals surface area contributed by atoms with E-state index in [2.05, 4.69) is 15.4 Å². The van der Waals surface area contributed by atoms with Crippen LogP contribution < -0.4 is 14.7 Å². The van der Waals surface area contributed by atoms with E-state index in [0.717, 1.165) is 5.57 Å². The van der Waals surface area contributed by atoms with E-state index in [1.165, 1.54) is 0 Å². The van der Waals surface area contributed by atoms with Crippen molar-refractivity contribution >= 4 is 15.6 Å². The van der Waals surface area contributed by atoms with Crippen molar-refractivity contribution < 1.29 is 32.6 Å². The highest BCUT2D eigenvalue weighted by atomic mass is 31.3. The van der Waals surface area contributed by atoms with Gasteiger partial charge in [0.25, 0.3) is 7.82 Å². The molecule has 0 aliphatic heterocycles. The quantitative estimate of drug-likeness (QED) is 0.481. The van der Waals surface area contributed by atoms with Gasteiger partial charge < -0.3 is 23.8 Å². The first-order chi connectivity index (χ1) is 8.43. The second-order valence-electron chi connectivity index (χ2n) is 4.33. The Labute approximate surface area is 112 Å². The molecule has 0 saturated heterocycles. The summed E-state index contributed by atoms with van der Waals surface area (Å²) in [7, 11) is -10.8. The van der Waals surface area contributed by atoms with Crippen molar-refractivity contribution in [2.45, 2.75) is 27.2 Å². The van der Waals surface area contributed by atoms with E-state index in [4.69, 9.17) is 0 Å². The summed E-state index contributed by atoms with van der Waals surface area (Å²) in [5.41, 5.74) is 1.71. The van der Waals surface area contributed by atoms with E-state index in [1.807, 2.05) is 19.9 Å². The Morgan fingerprint density at radius 3 is 2.16 bits per heavy atom. The van der Waals surface area contributed by atoms with Gasteiger partial charge in [0.2, 0.25) is 0 Å². The van der Waals surface area contributed by atoms with E-state index in [0.29, 0.717) is 12.0 Å². The lowest BCUT2D eigenvalue weighted by Gasteiger charge is -2.35. The summed E-state index contributed by atoms with van der Waals surface area (Å²) in [6, 6.07) is 0. The Morgan fingerprint density at radius 2 is 1.79 bits per heavy atom. The number of rotatable bonds is 8. The van der Waals surface area contributed by atoms with Gasteiger partial charge >= 0.3 is 0 Å². The van der Waals surface area contributed by atoms with Crippen molar-refractivity contribution in [2.75, 3.05) is 6.61 Å².